The van der Waals surface area contributed by atoms with Gasteiger partial charge in [-0.15, -0.1) is 11.3 Å². The Morgan fingerprint density at radius 2 is 1.82 bits per heavy atom. The van der Waals surface area contributed by atoms with Crippen molar-refractivity contribution in [2.45, 2.75) is 27.7 Å². The van der Waals surface area contributed by atoms with E-state index in [0.29, 0.717) is 50.8 Å². The first-order chi connectivity index (χ1) is 15.8. The molecular weight excluding hydrogens is 441 g/mol. The molecule has 170 valence electrons. The van der Waals surface area contributed by atoms with Gasteiger partial charge in [-0.25, -0.2) is 9.18 Å². The van der Waals surface area contributed by atoms with E-state index in [9.17, 15) is 14.0 Å². The van der Waals surface area contributed by atoms with Crippen LogP contribution in [0.1, 0.15) is 23.6 Å². The maximum Gasteiger partial charge on any atom is 0.319 e. The molecule has 0 saturated heterocycles. The van der Waals surface area contributed by atoms with E-state index in [4.69, 9.17) is 4.74 Å². The average Bonchev–Trinajstić information content (AvgIpc) is 3.24. The summed E-state index contributed by atoms with van der Waals surface area (Å²) < 4.78 is 22.6. The number of nitrogens with one attached hydrogen (secondary N) is 2. The molecule has 6 nitrogen and oxygen atoms in total. The van der Waals surface area contributed by atoms with Crippen LogP contribution >= 0.6 is 11.3 Å². The number of fused-ring (bicyclic) bond motifs is 1. The summed E-state index contributed by atoms with van der Waals surface area (Å²) in [4.78, 5) is 24.7. The third-order valence-electron chi connectivity index (χ3n) is 5.24. The fraction of sp³-hybridized carbons (Fsp3) is 0.200. The zero-order chi connectivity index (χ0) is 23.7. The Labute approximate surface area is 194 Å². The number of carbonyl (C=O) groups excluding carboxylic acids is 1. The molecule has 0 aliphatic carbocycles. The number of hydrogen-bond donors (Lipinski definition) is 2. The number of benzene rings is 2. The minimum absolute atomic E-state index is 0.0134. The van der Waals surface area contributed by atoms with Gasteiger partial charge in [-0.1, -0.05) is 0 Å². The number of rotatable bonds is 5. The van der Waals surface area contributed by atoms with Crippen LogP contribution < -0.4 is 20.8 Å². The van der Waals surface area contributed by atoms with Crippen LogP contribution in [-0.4, -0.2) is 17.1 Å². The monoisotopic (exact) mass is 465 g/mol. The molecule has 0 unspecified atom stereocenters. The van der Waals surface area contributed by atoms with Gasteiger partial charge in [-0.3, -0.25) is 4.79 Å². The molecule has 2 amide bonds. The number of urea groups is 1. The van der Waals surface area contributed by atoms with E-state index in [0.717, 1.165) is 5.52 Å². The molecule has 33 heavy (non-hydrogen) atoms. The second kappa shape index (κ2) is 9.07. The molecule has 2 N–H and O–H groups in total. The van der Waals surface area contributed by atoms with Crippen molar-refractivity contribution in [1.82, 2.24) is 9.88 Å². The van der Waals surface area contributed by atoms with Crippen molar-refractivity contribution in [1.29, 1.82) is 0 Å². The molecule has 8 heteroatoms. The van der Waals surface area contributed by atoms with Crippen LogP contribution in [0.5, 0.6) is 11.5 Å². The summed E-state index contributed by atoms with van der Waals surface area (Å²) >= 11 is 1.38. The van der Waals surface area contributed by atoms with E-state index in [1.54, 1.807) is 45.2 Å². The molecule has 0 bridgehead atoms. The summed E-state index contributed by atoms with van der Waals surface area (Å²) in [5.41, 5.74) is 3.85. The number of thiophene rings is 1. The van der Waals surface area contributed by atoms with Gasteiger partial charge in [0.15, 0.2) is 5.75 Å². The summed E-state index contributed by atoms with van der Waals surface area (Å²) in [5, 5.41) is 7.39. The highest BCUT2D eigenvalue weighted by Crippen LogP contribution is 2.36. The van der Waals surface area contributed by atoms with Crippen LogP contribution in [0.4, 0.5) is 14.9 Å². The SMILES string of the molecule is CCNC(=O)Nc1ccc(Oc2c(C)cc(F)cc2C)c(-n2cc(C)c(=O)c3sccc32)c1. The second-order valence-corrected chi connectivity index (χ2v) is 8.70. The first kappa shape index (κ1) is 22.5. The summed E-state index contributed by atoms with van der Waals surface area (Å²) in [6.45, 7) is 7.68. The number of halogens is 1. The first-order valence-corrected chi connectivity index (χ1v) is 11.4. The maximum absolute atomic E-state index is 13.8. The zero-order valence-electron chi connectivity index (χ0n) is 18.8. The minimum atomic E-state index is -0.324. The number of anilines is 1. The predicted octanol–water partition coefficient (Wildman–Crippen LogP) is 6.05. The van der Waals surface area contributed by atoms with Gasteiger partial charge < -0.3 is 19.9 Å². The van der Waals surface area contributed by atoms with Crippen molar-refractivity contribution in [2.75, 3.05) is 11.9 Å². The Morgan fingerprint density at radius 3 is 2.52 bits per heavy atom. The number of nitrogens with zero attached hydrogens (tertiary/aromatic N) is 1. The normalized spacial score (nSPS) is 10.9. The number of pyridine rings is 1. The molecule has 0 atom stereocenters. The topological polar surface area (TPSA) is 72.4 Å². The Hall–Kier alpha value is -3.65. The van der Waals surface area contributed by atoms with E-state index >= 15 is 0 Å². The van der Waals surface area contributed by atoms with Crippen LogP contribution in [-0.2, 0) is 0 Å². The molecule has 0 fully saturated rings. The second-order valence-electron chi connectivity index (χ2n) is 7.78. The fourth-order valence-electron chi connectivity index (χ4n) is 3.74. The number of hydrogen-bond acceptors (Lipinski definition) is 4. The molecule has 0 radical (unpaired) electrons. The molecular formula is C25H24FN3O3S. The van der Waals surface area contributed by atoms with E-state index in [1.807, 2.05) is 22.9 Å². The van der Waals surface area contributed by atoms with E-state index in [-0.39, 0.29) is 17.3 Å². The third-order valence-corrected chi connectivity index (χ3v) is 6.14. The van der Waals surface area contributed by atoms with Crippen LogP contribution in [0.2, 0.25) is 0 Å². The van der Waals surface area contributed by atoms with Gasteiger partial charge in [0.05, 0.1) is 15.9 Å². The Kier molecular flexibility index (Phi) is 6.20. The summed E-state index contributed by atoms with van der Waals surface area (Å²) in [5.74, 6) is 0.737. The van der Waals surface area contributed by atoms with Crippen LogP contribution in [0.15, 0.2) is 52.8 Å². The van der Waals surface area contributed by atoms with Crippen LogP contribution in [0, 0.1) is 26.6 Å². The van der Waals surface area contributed by atoms with Gasteiger partial charge in [0.25, 0.3) is 0 Å². The molecule has 2 aromatic heterocycles. The molecule has 4 rings (SSSR count). The minimum Gasteiger partial charge on any atom is -0.455 e. The maximum atomic E-state index is 13.8. The van der Waals surface area contributed by atoms with Crippen molar-refractivity contribution in [3.8, 4) is 17.2 Å². The lowest BCUT2D eigenvalue weighted by Gasteiger charge is -2.19. The lowest BCUT2D eigenvalue weighted by molar-refractivity contribution is 0.252. The molecule has 0 spiro atoms. The highest BCUT2D eigenvalue weighted by Gasteiger charge is 2.17. The molecule has 0 aliphatic rings. The first-order valence-electron chi connectivity index (χ1n) is 10.5. The standard InChI is InChI=1S/C25H24FN3O3S/c1-5-27-25(31)28-18-6-7-21(32-23-14(2)10-17(26)11-15(23)3)20(12-18)29-13-16(4)22(30)24-19(29)8-9-33-24/h6-13H,5H2,1-4H3,(H2,27,28,31). The van der Waals surface area contributed by atoms with E-state index in [1.165, 1.54) is 23.5 Å². The molecule has 0 saturated carbocycles. The summed E-state index contributed by atoms with van der Waals surface area (Å²) in [6, 6.07) is 9.69. The lowest BCUT2D eigenvalue weighted by atomic mass is 10.1. The Bertz CT molecular complexity index is 1400. The number of aryl methyl sites for hydroxylation is 3. The predicted molar refractivity (Wildman–Crippen MR) is 131 cm³/mol. The number of ether oxygens (including phenoxy) is 1. The Morgan fingerprint density at radius 1 is 1.09 bits per heavy atom. The third kappa shape index (κ3) is 4.47. The van der Waals surface area contributed by atoms with Crippen molar-refractivity contribution in [2.24, 2.45) is 0 Å². The van der Waals surface area contributed by atoms with Gasteiger partial charge in [0, 0.05) is 24.0 Å². The number of aromatic nitrogens is 1. The zero-order valence-corrected chi connectivity index (χ0v) is 19.6. The highest BCUT2D eigenvalue weighted by atomic mass is 32.1. The van der Waals surface area contributed by atoms with E-state index < -0.39 is 0 Å². The number of amides is 2. The summed E-state index contributed by atoms with van der Waals surface area (Å²) in [6.07, 6.45) is 1.76. The molecule has 2 heterocycles. The average molecular weight is 466 g/mol. The van der Waals surface area contributed by atoms with Gasteiger partial charge in [0.1, 0.15) is 11.6 Å². The highest BCUT2D eigenvalue weighted by molar-refractivity contribution is 7.17. The van der Waals surface area contributed by atoms with Gasteiger partial charge in [-0.2, -0.15) is 0 Å². The molecule has 2 aromatic carbocycles. The smallest absolute Gasteiger partial charge is 0.319 e. The van der Waals surface area contributed by atoms with Crippen molar-refractivity contribution < 1.29 is 13.9 Å². The van der Waals surface area contributed by atoms with Crippen molar-refractivity contribution in [3.05, 3.63) is 80.7 Å². The van der Waals surface area contributed by atoms with Crippen LogP contribution in [0.3, 0.4) is 0 Å². The fourth-order valence-corrected chi connectivity index (χ4v) is 4.62. The van der Waals surface area contributed by atoms with Gasteiger partial charge >= 0.3 is 6.03 Å². The van der Waals surface area contributed by atoms with Gasteiger partial charge in [-0.05, 0) is 80.6 Å². The largest absolute Gasteiger partial charge is 0.455 e. The Balaban J connectivity index is 1.90. The molecule has 4 aromatic rings. The van der Waals surface area contributed by atoms with Crippen molar-refractivity contribution >= 4 is 33.3 Å². The van der Waals surface area contributed by atoms with Crippen LogP contribution in [0.25, 0.3) is 15.9 Å². The quantitative estimate of drug-likeness (QED) is 0.377. The summed E-state index contributed by atoms with van der Waals surface area (Å²) in [7, 11) is 0. The van der Waals surface area contributed by atoms with Gasteiger partial charge in [0.2, 0.25) is 5.43 Å². The van der Waals surface area contributed by atoms with Crippen molar-refractivity contribution in [3.63, 3.8) is 0 Å². The van der Waals surface area contributed by atoms with E-state index in [2.05, 4.69) is 10.6 Å². The lowest BCUT2D eigenvalue weighted by Crippen LogP contribution is -2.28. The molecule has 0 aliphatic heterocycles. The number of carbonyl (C=O) groups is 1.